The van der Waals surface area contributed by atoms with E-state index in [1.54, 1.807) is 0 Å². The molecule has 6 nitrogen and oxygen atoms in total. The lowest BCUT2D eigenvalue weighted by Crippen LogP contribution is -2.32. The first-order chi connectivity index (χ1) is 10.3. The molecule has 0 unspecified atom stereocenters. The molecule has 0 aliphatic rings. The minimum atomic E-state index is -1.12. The first kappa shape index (κ1) is 18.7. The van der Waals surface area contributed by atoms with Gasteiger partial charge in [-0.05, 0) is 22.5 Å². The Balaban J connectivity index is 3.33. The molecule has 0 saturated carbocycles. The highest BCUT2D eigenvalue weighted by molar-refractivity contribution is 6.34. The smallest absolute Gasteiger partial charge is 0.329 e. The average molecular weight is 319 g/mol. The summed E-state index contributed by atoms with van der Waals surface area (Å²) in [4.78, 5) is 21.8. The minimum absolute atomic E-state index is 0.0996. The molecule has 1 aromatic rings. The molecule has 0 saturated heterocycles. The molecule has 0 heterocycles. The third-order valence-corrected chi connectivity index (χ3v) is 3.41. The van der Waals surface area contributed by atoms with Crippen LogP contribution in [-0.2, 0) is 20.4 Å². The highest BCUT2D eigenvalue weighted by Crippen LogP contribution is 2.36. The fourth-order valence-corrected chi connectivity index (χ4v) is 1.98. The Morgan fingerprint density at radius 1 is 1.13 bits per heavy atom. The van der Waals surface area contributed by atoms with Gasteiger partial charge in [0.2, 0.25) is 0 Å². The van der Waals surface area contributed by atoms with Gasteiger partial charge in [0.05, 0.1) is 6.21 Å². The molecule has 2 amide bonds. The molecule has 23 heavy (non-hydrogen) atoms. The van der Waals surface area contributed by atoms with Crippen molar-refractivity contribution in [3.8, 4) is 5.75 Å². The number of amides is 2. The zero-order valence-electron chi connectivity index (χ0n) is 14.5. The number of rotatable bonds is 2. The Kier molecular flexibility index (Phi) is 5.20. The van der Waals surface area contributed by atoms with Crippen molar-refractivity contribution in [3.05, 3.63) is 28.8 Å². The lowest BCUT2D eigenvalue weighted by Gasteiger charge is -2.26. The van der Waals surface area contributed by atoms with E-state index in [2.05, 4.69) is 25.9 Å². The molecule has 0 aliphatic heterocycles. The van der Waals surface area contributed by atoms with Crippen LogP contribution in [0.2, 0.25) is 0 Å². The molecule has 0 bridgehead atoms. The van der Waals surface area contributed by atoms with E-state index in [4.69, 9.17) is 5.73 Å². The quantitative estimate of drug-likeness (QED) is 0.440. The highest BCUT2D eigenvalue weighted by atomic mass is 16.3. The van der Waals surface area contributed by atoms with Gasteiger partial charge >= 0.3 is 11.8 Å². The summed E-state index contributed by atoms with van der Waals surface area (Å²) in [5, 5.41) is 14.2. The van der Waals surface area contributed by atoms with E-state index < -0.39 is 11.8 Å². The highest BCUT2D eigenvalue weighted by Gasteiger charge is 2.24. The molecule has 1 rings (SSSR count). The Labute approximate surface area is 136 Å². The van der Waals surface area contributed by atoms with Gasteiger partial charge in [-0.25, -0.2) is 5.43 Å². The Bertz CT molecular complexity index is 650. The van der Waals surface area contributed by atoms with Gasteiger partial charge in [-0.2, -0.15) is 5.10 Å². The van der Waals surface area contributed by atoms with Crippen molar-refractivity contribution in [1.29, 1.82) is 0 Å². The van der Waals surface area contributed by atoms with E-state index in [0.29, 0.717) is 5.56 Å². The molecule has 6 heteroatoms. The maximum absolute atomic E-state index is 11.1. The number of phenols is 1. The van der Waals surface area contributed by atoms with Gasteiger partial charge in [0, 0.05) is 11.1 Å². The third-order valence-electron chi connectivity index (χ3n) is 3.41. The number of hydrogen-bond donors (Lipinski definition) is 3. The monoisotopic (exact) mass is 319 g/mol. The fourth-order valence-electron chi connectivity index (χ4n) is 1.98. The van der Waals surface area contributed by atoms with Gasteiger partial charge in [-0.15, -0.1) is 0 Å². The number of nitrogens with one attached hydrogen (secondary N) is 1. The molecule has 126 valence electrons. The summed E-state index contributed by atoms with van der Waals surface area (Å²) >= 11 is 0. The number of primary amides is 1. The fraction of sp³-hybridized carbons (Fsp3) is 0.471. The molecule has 0 fully saturated rings. The first-order valence-electron chi connectivity index (χ1n) is 7.35. The molecule has 4 N–H and O–H groups in total. The number of carbonyl (C=O) groups is 2. The Morgan fingerprint density at radius 3 is 2.13 bits per heavy atom. The second kappa shape index (κ2) is 6.40. The van der Waals surface area contributed by atoms with Crippen LogP contribution in [0.4, 0.5) is 0 Å². The maximum Gasteiger partial charge on any atom is 0.329 e. The van der Waals surface area contributed by atoms with Crippen LogP contribution in [0, 0.1) is 0 Å². The number of carbonyl (C=O) groups excluding carboxylic acids is 2. The number of hydrazone groups is 1. The largest absolute Gasteiger partial charge is 0.507 e. The van der Waals surface area contributed by atoms with Gasteiger partial charge in [-0.1, -0.05) is 47.6 Å². The lowest BCUT2D eigenvalue weighted by molar-refractivity contribution is -0.137. The van der Waals surface area contributed by atoms with Crippen LogP contribution in [0.3, 0.4) is 0 Å². The van der Waals surface area contributed by atoms with Crippen molar-refractivity contribution in [1.82, 2.24) is 5.43 Å². The molecule has 0 radical (unpaired) electrons. The van der Waals surface area contributed by atoms with Crippen LogP contribution in [0.5, 0.6) is 5.75 Å². The van der Waals surface area contributed by atoms with Crippen LogP contribution in [0.1, 0.15) is 58.2 Å². The topological polar surface area (TPSA) is 105 Å². The Hall–Kier alpha value is -2.37. The van der Waals surface area contributed by atoms with Crippen LogP contribution >= 0.6 is 0 Å². The maximum atomic E-state index is 11.1. The van der Waals surface area contributed by atoms with E-state index in [9.17, 15) is 14.7 Å². The SMILES string of the molecule is CC(C)(C)c1cc(/C=N/NC(=O)C(N)=O)c(O)c(C(C)(C)C)c1. The zero-order valence-corrected chi connectivity index (χ0v) is 14.5. The van der Waals surface area contributed by atoms with Crippen molar-refractivity contribution in [3.63, 3.8) is 0 Å². The standard InChI is InChI=1S/C17H25N3O3/c1-16(2,3)11-7-10(9-19-20-15(23)14(18)22)13(21)12(8-11)17(4,5)6/h7-9,21H,1-6H3,(H2,18,22)(H,20,23)/b19-9+. The summed E-state index contributed by atoms with van der Waals surface area (Å²) in [6, 6.07) is 3.79. The van der Waals surface area contributed by atoms with E-state index >= 15 is 0 Å². The second-order valence-electron chi connectivity index (χ2n) is 7.53. The summed E-state index contributed by atoms with van der Waals surface area (Å²) in [7, 11) is 0. The van der Waals surface area contributed by atoms with Crippen molar-refractivity contribution < 1.29 is 14.7 Å². The third kappa shape index (κ3) is 4.81. The molecule has 1 aromatic carbocycles. The van der Waals surface area contributed by atoms with Gasteiger partial charge in [-0.3, -0.25) is 9.59 Å². The van der Waals surface area contributed by atoms with Crippen molar-refractivity contribution in [2.75, 3.05) is 0 Å². The van der Waals surface area contributed by atoms with E-state index in [1.165, 1.54) is 6.21 Å². The van der Waals surface area contributed by atoms with Crippen LogP contribution < -0.4 is 11.2 Å². The summed E-state index contributed by atoms with van der Waals surface area (Å²) in [6.45, 7) is 12.2. The van der Waals surface area contributed by atoms with Gasteiger partial charge in [0.15, 0.2) is 0 Å². The molecule has 0 aromatic heterocycles. The molecule has 0 spiro atoms. The van der Waals surface area contributed by atoms with Crippen LogP contribution in [0.25, 0.3) is 0 Å². The van der Waals surface area contributed by atoms with Crippen molar-refractivity contribution in [2.45, 2.75) is 52.4 Å². The summed E-state index contributed by atoms with van der Waals surface area (Å²) in [5.74, 6) is -2.03. The van der Waals surface area contributed by atoms with Crippen LogP contribution in [0.15, 0.2) is 17.2 Å². The first-order valence-corrected chi connectivity index (χ1v) is 7.35. The van der Waals surface area contributed by atoms with Gasteiger partial charge < -0.3 is 10.8 Å². The van der Waals surface area contributed by atoms with E-state index in [0.717, 1.165) is 11.1 Å². The summed E-state index contributed by atoms with van der Waals surface area (Å²) in [5.41, 5.74) is 8.75. The normalized spacial score (nSPS) is 12.4. The van der Waals surface area contributed by atoms with Crippen molar-refractivity contribution in [2.24, 2.45) is 10.8 Å². The molecular formula is C17H25N3O3. The second-order valence-corrected chi connectivity index (χ2v) is 7.53. The number of hydrogen-bond acceptors (Lipinski definition) is 4. The van der Waals surface area contributed by atoms with Crippen molar-refractivity contribution >= 4 is 18.0 Å². The van der Waals surface area contributed by atoms with E-state index in [-0.39, 0.29) is 16.6 Å². The summed E-state index contributed by atoms with van der Waals surface area (Å²) in [6.07, 6.45) is 1.31. The number of nitrogens with two attached hydrogens (primary N) is 1. The predicted molar refractivity (Wildman–Crippen MR) is 90.4 cm³/mol. The Morgan fingerprint density at radius 2 is 1.70 bits per heavy atom. The number of nitrogens with zero attached hydrogens (tertiary/aromatic N) is 1. The van der Waals surface area contributed by atoms with E-state index in [1.807, 2.05) is 38.3 Å². The zero-order chi connectivity index (χ0) is 18.0. The average Bonchev–Trinajstić information content (AvgIpc) is 2.37. The predicted octanol–water partition coefficient (Wildman–Crippen LogP) is 1.92. The molecular weight excluding hydrogens is 294 g/mol. The lowest BCUT2D eigenvalue weighted by atomic mass is 9.79. The van der Waals surface area contributed by atoms with Crippen LogP contribution in [-0.4, -0.2) is 23.1 Å². The number of phenolic OH excluding ortho intramolecular Hbond substituents is 1. The molecule has 0 atom stereocenters. The minimum Gasteiger partial charge on any atom is -0.507 e. The number of aromatic hydroxyl groups is 1. The molecule has 0 aliphatic carbocycles. The summed E-state index contributed by atoms with van der Waals surface area (Å²) < 4.78 is 0. The number of benzene rings is 1. The van der Waals surface area contributed by atoms with Gasteiger partial charge in [0.1, 0.15) is 5.75 Å². The van der Waals surface area contributed by atoms with Gasteiger partial charge in [0.25, 0.3) is 0 Å².